The molecule has 1 aromatic heterocycles. The number of hydrogen-bond acceptors (Lipinski definition) is 3. The van der Waals surface area contributed by atoms with Crippen LogP contribution in [-0.4, -0.2) is 29.6 Å². The van der Waals surface area contributed by atoms with Crippen LogP contribution in [-0.2, 0) is 26.1 Å². The van der Waals surface area contributed by atoms with E-state index in [1.807, 2.05) is 11.6 Å². The summed E-state index contributed by atoms with van der Waals surface area (Å²) in [5.41, 5.74) is 3.69. The molecule has 0 unspecified atom stereocenters. The van der Waals surface area contributed by atoms with E-state index in [2.05, 4.69) is 30.1 Å². The van der Waals surface area contributed by atoms with E-state index in [-0.39, 0.29) is 5.56 Å². The predicted molar refractivity (Wildman–Crippen MR) is 78.4 cm³/mol. The van der Waals surface area contributed by atoms with Gasteiger partial charge in [-0.1, -0.05) is 13.8 Å². The van der Waals surface area contributed by atoms with Crippen LogP contribution in [0, 0.1) is 0 Å². The van der Waals surface area contributed by atoms with Gasteiger partial charge in [0.25, 0.3) is 5.56 Å². The Balaban J connectivity index is 2.47. The van der Waals surface area contributed by atoms with Gasteiger partial charge in [0.2, 0.25) is 0 Å². The molecule has 1 N–H and O–H groups in total. The molecular formula is C15H25N3O. The Morgan fingerprint density at radius 1 is 1.37 bits per heavy atom. The normalized spacial score (nSPS) is 15.5. The Bertz CT molecular complexity index is 493. The van der Waals surface area contributed by atoms with Crippen LogP contribution < -0.4 is 10.9 Å². The van der Waals surface area contributed by atoms with Crippen molar-refractivity contribution in [3.05, 3.63) is 33.2 Å². The Kier molecular flexibility index (Phi) is 4.77. The summed E-state index contributed by atoms with van der Waals surface area (Å²) in [7, 11) is 1.89. The fraction of sp³-hybridized carbons (Fsp3) is 0.667. The Morgan fingerprint density at radius 2 is 2.16 bits per heavy atom. The molecule has 1 aromatic rings. The van der Waals surface area contributed by atoms with E-state index in [0.29, 0.717) is 6.54 Å². The number of fused-ring (bicyclic) bond motifs is 1. The molecule has 19 heavy (non-hydrogen) atoms. The van der Waals surface area contributed by atoms with Gasteiger partial charge in [-0.15, -0.1) is 0 Å². The molecule has 4 nitrogen and oxygen atoms in total. The highest BCUT2D eigenvalue weighted by Crippen LogP contribution is 2.19. The Labute approximate surface area is 115 Å². The zero-order chi connectivity index (χ0) is 13.8. The molecule has 106 valence electrons. The second kappa shape index (κ2) is 6.35. The first kappa shape index (κ1) is 14.3. The van der Waals surface area contributed by atoms with Gasteiger partial charge in [-0.05, 0) is 31.6 Å². The number of pyridine rings is 1. The van der Waals surface area contributed by atoms with Gasteiger partial charge in [0.05, 0.1) is 0 Å². The number of nitrogens with one attached hydrogen (secondary N) is 1. The number of rotatable bonds is 5. The van der Waals surface area contributed by atoms with Crippen molar-refractivity contribution in [2.45, 2.75) is 46.3 Å². The smallest absolute Gasteiger partial charge is 0.255 e. The third kappa shape index (κ3) is 2.90. The van der Waals surface area contributed by atoms with E-state index in [4.69, 9.17) is 0 Å². The summed E-state index contributed by atoms with van der Waals surface area (Å²) < 4.78 is 2.01. The van der Waals surface area contributed by atoms with Gasteiger partial charge < -0.3 is 9.88 Å². The summed E-state index contributed by atoms with van der Waals surface area (Å²) in [6.45, 7) is 8.94. The monoisotopic (exact) mass is 263 g/mol. The van der Waals surface area contributed by atoms with Crippen molar-refractivity contribution in [2.75, 3.05) is 20.1 Å². The lowest BCUT2D eigenvalue weighted by molar-refractivity contribution is 0.261. The minimum absolute atomic E-state index is 0.194. The second-order valence-corrected chi connectivity index (χ2v) is 5.25. The zero-order valence-electron chi connectivity index (χ0n) is 12.3. The van der Waals surface area contributed by atoms with Crippen LogP contribution in [0.15, 0.2) is 10.9 Å². The highest BCUT2D eigenvalue weighted by Gasteiger charge is 2.20. The van der Waals surface area contributed by atoms with Gasteiger partial charge in [0, 0.05) is 43.9 Å². The molecule has 0 amide bonds. The van der Waals surface area contributed by atoms with E-state index < -0.39 is 0 Å². The summed E-state index contributed by atoms with van der Waals surface area (Å²) in [5.74, 6) is 0. The first-order valence-corrected chi connectivity index (χ1v) is 7.32. The first-order chi connectivity index (χ1) is 9.21. The molecule has 0 spiro atoms. The van der Waals surface area contributed by atoms with Crippen molar-refractivity contribution in [2.24, 2.45) is 0 Å². The van der Waals surface area contributed by atoms with E-state index in [1.165, 1.54) is 11.3 Å². The first-order valence-electron chi connectivity index (χ1n) is 7.32. The van der Waals surface area contributed by atoms with Gasteiger partial charge in [-0.2, -0.15) is 0 Å². The van der Waals surface area contributed by atoms with Crippen LogP contribution in [0.1, 0.15) is 37.1 Å². The second-order valence-electron chi connectivity index (χ2n) is 5.25. The topological polar surface area (TPSA) is 37.3 Å². The molecule has 0 saturated heterocycles. The Hall–Kier alpha value is -1.13. The highest BCUT2D eigenvalue weighted by atomic mass is 16.1. The zero-order valence-corrected chi connectivity index (χ0v) is 12.3. The van der Waals surface area contributed by atoms with Gasteiger partial charge in [-0.3, -0.25) is 9.69 Å². The average Bonchev–Trinajstić information content (AvgIpc) is 2.43. The van der Waals surface area contributed by atoms with Crippen molar-refractivity contribution in [1.82, 2.24) is 14.8 Å². The van der Waals surface area contributed by atoms with Gasteiger partial charge in [0.15, 0.2) is 0 Å². The lowest BCUT2D eigenvalue weighted by Gasteiger charge is -2.30. The maximum Gasteiger partial charge on any atom is 0.255 e. The third-order valence-electron chi connectivity index (χ3n) is 3.89. The summed E-state index contributed by atoms with van der Waals surface area (Å²) in [6.07, 6.45) is 2.01. The van der Waals surface area contributed by atoms with Crippen LogP contribution >= 0.6 is 0 Å². The number of aromatic nitrogens is 1. The van der Waals surface area contributed by atoms with Crippen molar-refractivity contribution in [3.8, 4) is 0 Å². The molecular weight excluding hydrogens is 238 g/mol. The van der Waals surface area contributed by atoms with E-state index in [9.17, 15) is 4.79 Å². The molecule has 4 heteroatoms. The minimum atomic E-state index is 0.194. The SMILES string of the molecule is CCCn1c2c(cc(CNC)c1=O)CN(CC)CC2. The lowest BCUT2D eigenvalue weighted by atomic mass is 10.0. The lowest BCUT2D eigenvalue weighted by Crippen LogP contribution is -2.37. The average molecular weight is 263 g/mol. The Morgan fingerprint density at radius 3 is 2.79 bits per heavy atom. The molecule has 0 fully saturated rings. The van der Waals surface area contributed by atoms with E-state index in [0.717, 1.165) is 44.6 Å². The van der Waals surface area contributed by atoms with Crippen LogP contribution in [0.5, 0.6) is 0 Å². The highest BCUT2D eigenvalue weighted by molar-refractivity contribution is 5.29. The maximum atomic E-state index is 12.5. The molecule has 0 radical (unpaired) electrons. The third-order valence-corrected chi connectivity index (χ3v) is 3.89. The molecule has 1 aliphatic heterocycles. The number of likely N-dealkylation sites (N-methyl/N-ethyl adjacent to an activating group) is 1. The fourth-order valence-corrected chi connectivity index (χ4v) is 2.89. The molecule has 0 aliphatic carbocycles. The quantitative estimate of drug-likeness (QED) is 0.871. The van der Waals surface area contributed by atoms with Crippen molar-refractivity contribution >= 4 is 0 Å². The maximum absolute atomic E-state index is 12.5. The fourth-order valence-electron chi connectivity index (χ4n) is 2.89. The molecule has 0 saturated carbocycles. The number of nitrogens with zero attached hydrogens (tertiary/aromatic N) is 2. The molecule has 0 atom stereocenters. The summed E-state index contributed by atoms with van der Waals surface area (Å²) in [6, 6.07) is 2.11. The summed E-state index contributed by atoms with van der Waals surface area (Å²) >= 11 is 0. The largest absolute Gasteiger partial charge is 0.315 e. The molecule has 0 aromatic carbocycles. The molecule has 1 aliphatic rings. The predicted octanol–water partition coefficient (Wildman–Crippen LogP) is 1.36. The minimum Gasteiger partial charge on any atom is -0.315 e. The summed E-state index contributed by atoms with van der Waals surface area (Å²) in [4.78, 5) is 14.9. The standard InChI is InChI=1S/C15H25N3O/c1-4-7-18-14-6-8-17(5-2)11-13(14)9-12(10-16-3)15(18)19/h9,16H,4-8,10-11H2,1-3H3. The van der Waals surface area contributed by atoms with Gasteiger partial charge in [0.1, 0.15) is 0 Å². The number of hydrogen-bond donors (Lipinski definition) is 1. The van der Waals surface area contributed by atoms with Crippen molar-refractivity contribution in [3.63, 3.8) is 0 Å². The van der Waals surface area contributed by atoms with Crippen molar-refractivity contribution in [1.29, 1.82) is 0 Å². The van der Waals surface area contributed by atoms with E-state index >= 15 is 0 Å². The van der Waals surface area contributed by atoms with Crippen LogP contribution in [0.25, 0.3) is 0 Å². The van der Waals surface area contributed by atoms with Crippen LogP contribution in [0.4, 0.5) is 0 Å². The molecule has 0 bridgehead atoms. The van der Waals surface area contributed by atoms with Crippen LogP contribution in [0.2, 0.25) is 0 Å². The van der Waals surface area contributed by atoms with Gasteiger partial charge in [-0.25, -0.2) is 0 Å². The molecule has 2 heterocycles. The summed E-state index contributed by atoms with van der Waals surface area (Å²) in [5, 5.41) is 3.10. The molecule has 2 rings (SSSR count). The van der Waals surface area contributed by atoms with Crippen molar-refractivity contribution < 1.29 is 0 Å². The van der Waals surface area contributed by atoms with Crippen LogP contribution in [0.3, 0.4) is 0 Å². The van der Waals surface area contributed by atoms with Gasteiger partial charge >= 0.3 is 0 Å². The van der Waals surface area contributed by atoms with E-state index in [1.54, 1.807) is 0 Å².